The number of anilines is 1. The summed E-state index contributed by atoms with van der Waals surface area (Å²) in [5.74, 6) is 0.0477. The molecular weight excluding hydrogens is 330 g/mol. The number of aromatic nitrogens is 1. The fraction of sp³-hybridized carbons (Fsp3) is 0.300. The Kier molecular flexibility index (Phi) is 4.40. The summed E-state index contributed by atoms with van der Waals surface area (Å²) in [6, 6.07) is 14.2. The summed E-state index contributed by atoms with van der Waals surface area (Å²) in [6.45, 7) is 2.83. The van der Waals surface area contributed by atoms with E-state index in [4.69, 9.17) is 0 Å². The summed E-state index contributed by atoms with van der Waals surface area (Å²) in [5.41, 5.74) is 5.95. The average molecular weight is 351 g/mol. The topological polar surface area (TPSA) is 36.4 Å². The van der Waals surface area contributed by atoms with Crippen LogP contribution in [0.3, 0.4) is 0 Å². The number of fused-ring (bicyclic) bond motifs is 1. The molecule has 0 bridgehead atoms. The lowest BCUT2D eigenvalue weighted by molar-refractivity contribution is 0.0785. The number of rotatable bonds is 4. The molecule has 4 rings (SSSR count). The number of hydrogen-bond donors (Lipinski definition) is 0. The lowest BCUT2D eigenvalue weighted by Gasteiger charge is -2.24. The second-order valence-electron chi connectivity index (χ2n) is 6.52. The van der Waals surface area contributed by atoms with Crippen LogP contribution in [0.5, 0.6) is 0 Å². The van der Waals surface area contributed by atoms with Crippen molar-refractivity contribution < 1.29 is 4.79 Å². The number of para-hydroxylation sites is 1. The second kappa shape index (κ2) is 6.84. The van der Waals surface area contributed by atoms with Gasteiger partial charge in [-0.15, -0.1) is 11.3 Å². The standard InChI is InChI=1S/C20H21N3OS/c1-22(20(24)15-8-9-17-19(12-15)25-14-21-17)13-16-6-2-3-7-18(16)23-10-4-5-11-23/h2-3,6-9,12,14H,4-5,10-11,13H2,1H3. The molecule has 0 aliphatic carbocycles. The smallest absolute Gasteiger partial charge is 0.253 e. The molecule has 128 valence electrons. The molecule has 0 spiro atoms. The highest BCUT2D eigenvalue weighted by molar-refractivity contribution is 7.16. The van der Waals surface area contributed by atoms with Crippen molar-refractivity contribution in [1.29, 1.82) is 0 Å². The molecule has 1 aliphatic heterocycles. The van der Waals surface area contributed by atoms with E-state index >= 15 is 0 Å². The van der Waals surface area contributed by atoms with Gasteiger partial charge in [0, 0.05) is 37.9 Å². The van der Waals surface area contributed by atoms with E-state index < -0.39 is 0 Å². The van der Waals surface area contributed by atoms with Crippen molar-refractivity contribution in [2.45, 2.75) is 19.4 Å². The Hall–Kier alpha value is -2.40. The fourth-order valence-electron chi connectivity index (χ4n) is 3.45. The molecular formula is C20H21N3OS. The molecule has 1 amide bonds. The van der Waals surface area contributed by atoms with Gasteiger partial charge >= 0.3 is 0 Å². The van der Waals surface area contributed by atoms with Gasteiger partial charge in [0.05, 0.1) is 15.7 Å². The SMILES string of the molecule is CN(Cc1ccccc1N1CCCC1)C(=O)c1ccc2ncsc2c1. The number of carbonyl (C=O) groups is 1. The third-order valence-corrected chi connectivity index (χ3v) is 5.56. The highest BCUT2D eigenvalue weighted by atomic mass is 32.1. The molecule has 1 saturated heterocycles. The van der Waals surface area contributed by atoms with Gasteiger partial charge in [0.2, 0.25) is 0 Å². The van der Waals surface area contributed by atoms with Crippen LogP contribution in [0.25, 0.3) is 10.2 Å². The van der Waals surface area contributed by atoms with E-state index in [1.54, 1.807) is 16.2 Å². The van der Waals surface area contributed by atoms with Crippen molar-refractivity contribution >= 4 is 33.1 Å². The second-order valence-corrected chi connectivity index (χ2v) is 7.41. The van der Waals surface area contributed by atoms with Gasteiger partial charge in [-0.05, 0) is 42.7 Å². The fourth-order valence-corrected chi connectivity index (χ4v) is 4.16. The zero-order valence-corrected chi connectivity index (χ0v) is 15.1. The molecule has 0 saturated carbocycles. The van der Waals surface area contributed by atoms with Crippen molar-refractivity contribution in [3.63, 3.8) is 0 Å². The maximum absolute atomic E-state index is 12.8. The minimum Gasteiger partial charge on any atom is -0.371 e. The third kappa shape index (κ3) is 3.24. The van der Waals surface area contributed by atoms with Crippen molar-refractivity contribution in [2.75, 3.05) is 25.0 Å². The van der Waals surface area contributed by atoms with E-state index in [1.807, 2.05) is 30.8 Å². The Balaban J connectivity index is 1.55. The van der Waals surface area contributed by atoms with Gasteiger partial charge in [-0.1, -0.05) is 18.2 Å². The maximum atomic E-state index is 12.8. The third-order valence-electron chi connectivity index (χ3n) is 4.77. The first-order valence-electron chi connectivity index (χ1n) is 8.64. The molecule has 1 fully saturated rings. The van der Waals surface area contributed by atoms with Crippen LogP contribution < -0.4 is 4.90 Å². The van der Waals surface area contributed by atoms with Crippen LogP contribution in [0.2, 0.25) is 0 Å². The summed E-state index contributed by atoms with van der Waals surface area (Å²) >= 11 is 1.57. The van der Waals surface area contributed by atoms with Crippen molar-refractivity contribution in [1.82, 2.24) is 9.88 Å². The summed E-state index contributed by atoms with van der Waals surface area (Å²) < 4.78 is 1.05. The summed E-state index contributed by atoms with van der Waals surface area (Å²) in [5, 5.41) is 0. The molecule has 5 heteroatoms. The van der Waals surface area contributed by atoms with Gasteiger partial charge < -0.3 is 9.80 Å². The number of carbonyl (C=O) groups excluding carboxylic acids is 1. The van der Waals surface area contributed by atoms with E-state index in [0.717, 1.165) is 28.9 Å². The van der Waals surface area contributed by atoms with Crippen LogP contribution in [0, 0.1) is 0 Å². The first-order chi connectivity index (χ1) is 12.2. The van der Waals surface area contributed by atoms with Gasteiger partial charge in [-0.25, -0.2) is 4.98 Å². The summed E-state index contributed by atoms with van der Waals surface area (Å²) in [6.07, 6.45) is 2.50. The molecule has 0 radical (unpaired) electrons. The minimum atomic E-state index is 0.0477. The highest BCUT2D eigenvalue weighted by Crippen LogP contribution is 2.26. The predicted octanol–water partition coefficient (Wildman–Crippen LogP) is 4.17. The normalized spacial score (nSPS) is 14.2. The number of benzene rings is 2. The molecule has 0 N–H and O–H groups in total. The van der Waals surface area contributed by atoms with Crippen LogP contribution in [0.1, 0.15) is 28.8 Å². The highest BCUT2D eigenvalue weighted by Gasteiger charge is 2.18. The molecule has 2 heterocycles. The van der Waals surface area contributed by atoms with E-state index in [9.17, 15) is 4.79 Å². The lowest BCUT2D eigenvalue weighted by Crippen LogP contribution is -2.28. The van der Waals surface area contributed by atoms with Crippen LogP contribution in [0.4, 0.5) is 5.69 Å². The number of amides is 1. The zero-order valence-electron chi connectivity index (χ0n) is 14.3. The largest absolute Gasteiger partial charge is 0.371 e. The van der Waals surface area contributed by atoms with Crippen LogP contribution in [-0.2, 0) is 6.54 Å². The monoisotopic (exact) mass is 351 g/mol. The Morgan fingerprint density at radius 1 is 1.20 bits per heavy atom. The Morgan fingerprint density at radius 2 is 2.00 bits per heavy atom. The van der Waals surface area contributed by atoms with E-state index in [-0.39, 0.29) is 5.91 Å². The average Bonchev–Trinajstić information content (AvgIpc) is 3.32. The molecule has 25 heavy (non-hydrogen) atoms. The molecule has 1 aromatic heterocycles. The lowest BCUT2D eigenvalue weighted by atomic mass is 10.1. The molecule has 2 aromatic carbocycles. The molecule has 0 unspecified atom stereocenters. The summed E-state index contributed by atoms with van der Waals surface area (Å²) in [7, 11) is 1.87. The quantitative estimate of drug-likeness (QED) is 0.708. The first kappa shape index (κ1) is 16.1. The maximum Gasteiger partial charge on any atom is 0.253 e. The number of thiazole rings is 1. The van der Waals surface area contributed by atoms with Gasteiger partial charge in [-0.2, -0.15) is 0 Å². The van der Waals surface area contributed by atoms with Gasteiger partial charge in [0.25, 0.3) is 5.91 Å². The molecule has 4 nitrogen and oxygen atoms in total. The molecule has 1 aliphatic rings. The Labute approximate surface area is 151 Å². The van der Waals surface area contributed by atoms with Gasteiger partial charge in [0.1, 0.15) is 0 Å². The Morgan fingerprint density at radius 3 is 2.84 bits per heavy atom. The van der Waals surface area contributed by atoms with Crippen molar-refractivity contribution in [2.24, 2.45) is 0 Å². The number of hydrogen-bond acceptors (Lipinski definition) is 4. The predicted molar refractivity (Wildman–Crippen MR) is 103 cm³/mol. The van der Waals surface area contributed by atoms with Crippen LogP contribution in [-0.4, -0.2) is 35.9 Å². The summed E-state index contributed by atoms with van der Waals surface area (Å²) in [4.78, 5) is 21.3. The van der Waals surface area contributed by atoms with Crippen LogP contribution >= 0.6 is 11.3 Å². The zero-order chi connectivity index (χ0) is 17.2. The van der Waals surface area contributed by atoms with Gasteiger partial charge in [0.15, 0.2) is 0 Å². The van der Waals surface area contributed by atoms with Crippen molar-refractivity contribution in [3.8, 4) is 0 Å². The molecule has 3 aromatic rings. The van der Waals surface area contributed by atoms with E-state index in [1.165, 1.54) is 24.1 Å². The van der Waals surface area contributed by atoms with E-state index in [0.29, 0.717) is 6.54 Å². The Bertz CT molecular complexity index is 899. The number of nitrogens with zero attached hydrogens (tertiary/aromatic N) is 3. The van der Waals surface area contributed by atoms with Crippen molar-refractivity contribution in [3.05, 3.63) is 59.1 Å². The van der Waals surface area contributed by atoms with E-state index in [2.05, 4.69) is 34.1 Å². The van der Waals surface area contributed by atoms with Gasteiger partial charge in [-0.3, -0.25) is 4.79 Å². The first-order valence-corrected chi connectivity index (χ1v) is 9.52. The van der Waals surface area contributed by atoms with Crippen LogP contribution in [0.15, 0.2) is 48.0 Å². The minimum absolute atomic E-state index is 0.0477. The molecule has 0 atom stereocenters.